The lowest BCUT2D eigenvalue weighted by Gasteiger charge is -2.19. The highest BCUT2D eigenvalue weighted by Gasteiger charge is 2.15. The van der Waals surface area contributed by atoms with Crippen molar-refractivity contribution < 1.29 is 19.0 Å². The van der Waals surface area contributed by atoms with Gasteiger partial charge in [0.15, 0.2) is 6.61 Å². The molecule has 0 saturated heterocycles. The minimum Gasteiger partial charge on any atom is -0.497 e. The summed E-state index contributed by atoms with van der Waals surface area (Å²) in [6.07, 6.45) is -0.255. The van der Waals surface area contributed by atoms with Crippen LogP contribution in [0.4, 0.5) is 0 Å². The van der Waals surface area contributed by atoms with Gasteiger partial charge in [0.1, 0.15) is 11.5 Å². The van der Waals surface area contributed by atoms with Gasteiger partial charge in [0.05, 0.1) is 13.2 Å². The molecule has 0 fully saturated rings. The van der Waals surface area contributed by atoms with Crippen molar-refractivity contribution in [3.8, 4) is 11.5 Å². The molecule has 1 unspecified atom stereocenters. The minimum atomic E-state index is -0.255. The molecule has 146 valence electrons. The Morgan fingerprint density at radius 2 is 1.74 bits per heavy atom. The maximum Gasteiger partial charge on any atom is 0.258 e. The molecule has 0 aliphatic carbocycles. The molecule has 5 nitrogen and oxygen atoms in total. The molecule has 0 spiro atoms. The summed E-state index contributed by atoms with van der Waals surface area (Å²) in [6.45, 7) is 6.79. The van der Waals surface area contributed by atoms with Gasteiger partial charge >= 0.3 is 0 Å². The van der Waals surface area contributed by atoms with Crippen molar-refractivity contribution in [1.29, 1.82) is 0 Å². The Hall–Kier alpha value is -2.53. The van der Waals surface area contributed by atoms with Gasteiger partial charge in [-0.1, -0.05) is 45.0 Å². The van der Waals surface area contributed by atoms with E-state index in [0.717, 1.165) is 11.3 Å². The van der Waals surface area contributed by atoms with E-state index < -0.39 is 0 Å². The van der Waals surface area contributed by atoms with E-state index in [1.54, 1.807) is 14.2 Å². The summed E-state index contributed by atoms with van der Waals surface area (Å²) >= 11 is 0. The molecule has 1 amide bonds. The van der Waals surface area contributed by atoms with Crippen molar-refractivity contribution in [2.75, 3.05) is 27.4 Å². The monoisotopic (exact) mass is 371 g/mol. The number of rotatable bonds is 8. The first-order valence-electron chi connectivity index (χ1n) is 9.00. The van der Waals surface area contributed by atoms with E-state index in [9.17, 15) is 4.79 Å². The average molecular weight is 371 g/mol. The summed E-state index contributed by atoms with van der Waals surface area (Å²) < 4.78 is 16.3. The average Bonchev–Trinajstić information content (AvgIpc) is 2.66. The normalized spacial score (nSPS) is 12.3. The predicted octanol–water partition coefficient (Wildman–Crippen LogP) is 3.88. The Balaban J connectivity index is 1.84. The molecule has 5 heteroatoms. The summed E-state index contributed by atoms with van der Waals surface area (Å²) in [5.74, 6) is 1.23. The maximum absolute atomic E-state index is 12.1. The quantitative estimate of drug-likeness (QED) is 0.765. The standard InChI is InChI=1S/C22H29NO4/c1-22(2,3)17-9-11-18(12-10-17)27-15-21(24)23-14-20(26-5)16-7-6-8-19(13-16)25-4/h6-13,20H,14-15H2,1-5H3,(H,23,24). The van der Waals surface area contributed by atoms with Gasteiger partial charge < -0.3 is 19.5 Å². The van der Waals surface area contributed by atoms with Crippen LogP contribution in [-0.2, 0) is 14.9 Å². The van der Waals surface area contributed by atoms with Crippen molar-refractivity contribution >= 4 is 5.91 Å². The SMILES string of the molecule is COc1cccc(C(CNC(=O)COc2ccc(C(C)(C)C)cc2)OC)c1. The molecule has 0 aliphatic heterocycles. The number of hydrogen-bond donors (Lipinski definition) is 1. The van der Waals surface area contributed by atoms with E-state index in [1.165, 1.54) is 5.56 Å². The van der Waals surface area contributed by atoms with Gasteiger partial charge in [-0.2, -0.15) is 0 Å². The zero-order valence-corrected chi connectivity index (χ0v) is 16.7. The van der Waals surface area contributed by atoms with Crippen LogP contribution in [0.5, 0.6) is 11.5 Å². The van der Waals surface area contributed by atoms with Gasteiger partial charge in [0.25, 0.3) is 5.91 Å². The van der Waals surface area contributed by atoms with Gasteiger partial charge in [-0.25, -0.2) is 0 Å². The van der Waals surface area contributed by atoms with Crippen LogP contribution in [0.1, 0.15) is 38.0 Å². The molecule has 0 aliphatic rings. The molecule has 2 aromatic rings. The van der Waals surface area contributed by atoms with Gasteiger partial charge in [-0.3, -0.25) is 4.79 Å². The van der Waals surface area contributed by atoms with Crippen molar-refractivity contribution in [2.24, 2.45) is 0 Å². The third-order valence-corrected chi connectivity index (χ3v) is 4.32. The third-order valence-electron chi connectivity index (χ3n) is 4.32. The zero-order valence-electron chi connectivity index (χ0n) is 16.7. The fourth-order valence-electron chi connectivity index (χ4n) is 2.64. The van der Waals surface area contributed by atoms with E-state index in [0.29, 0.717) is 12.3 Å². The van der Waals surface area contributed by atoms with Crippen molar-refractivity contribution in [3.05, 3.63) is 59.7 Å². The van der Waals surface area contributed by atoms with Crippen LogP contribution in [0, 0.1) is 0 Å². The van der Waals surface area contributed by atoms with E-state index in [4.69, 9.17) is 14.2 Å². The highest BCUT2D eigenvalue weighted by atomic mass is 16.5. The number of carbonyl (C=O) groups is 1. The van der Waals surface area contributed by atoms with Crippen molar-refractivity contribution in [1.82, 2.24) is 5.32 Å². The summed E-state index contributed by atoms with van der Waals surface area (Å²) in [4.78, 5) is 12.1. The Morgan fingerprint density at radius 3 is 2.33 bits per heavy atom. The van der Waals surface area contributed by atoms with Crippen LogP contribution in [0.3, 0.4) is 0 Å². The molecular weight excluding hydrogens is 342 g/mol. The molecule has 1 atom stereocenters. The smallest absolute Gasteiger partial charge is 0.258 e. The first-order chi connectivity index (χ1) is 12.8. The lowest BCUT2D eigenvalue weighted by molar-refractivity contribution is -0.123. The predicted molar refractivity (Wildman–Crippen MR) is 106 cm³/mol. The number of benzene rings is 2. The second-order valence-electron chi connectivity index (χ2n) is 7.37. The van der Waals surface area contributed by atoms with E-state index >= 15 is 0 Å². The second kappa shape index (κ2) is 9.42. The maximum atomic E-state index is 12.1. The molecule has 0 radical (unpaired) electrons. The minimum absolute atomic E-state index is 0.0383. The first kappa shape index (κ1) is 20.8. The molecular formula is C22H29NO4. The van der Waals surface area contributed by atoms with Crippen LogP contribution in [0.15, 0.2) is 48.5 Å². The molecule has 27 heavy (non-hydrogen) atoms. The lowest BCUT2D eigenvalue weighted by atomic mass is 9.87. The summed E-state index contributed by atoms with van der Waals surface area (Å²) in [5, 5.41) is 2.85. The fourth-order valence-corrected chi connectivity index (χ4v) is 2.64. The Bertz CT molecular complexity index is 735. The molecule has 0 bridgehead atoms. The number of carbonyl (C=O) groups excluding carboxylic acids is 1. The van der Waals surface area contributed by atoms with E-state index in [-0.39, 0.29) is 24.0 Å². The van der Waals surface area contributed by atoms with Gasteiger partial charge in [-0.15, -0.1) is 0 Å². The summed E-state index contributed by atoms with van der Waals surface area (Å²) in [6, 6.07) is 15.4. The van der Waals surface area contributed by atoms with Crippen LogP contribution in [0.25, 0.3) is 0 Å². The molecule has 0 heterocycles. The Morgan fingerprint density at radius 1 is 1.04 bits per heavy atom. The topological polar surface area (TPSA) is 56.8 Å². The fraction of sp³-hybridized carbons (Fsp3) is 0.409. The first-order valence-corrected chi connectivity index (χ1v) is 9.00. The summed E-state index contributed by atoms with van der Waals surface area (Å²) in [5.41, 5.74) is 2.25. The van der Waals surface area contributed by atoms with Crippen molar-refractivity contribution in [2.45, 2.75) is 32.3 Å². The molecule has 0 saturated carbocycles. The van der Waals surface area contributed by atoms with Crippen LogP contribution in [0.2, 0.25) is 0 Å². The van der Waals surface area contributed by atoms with E-state index in [1.807, 2.05) is 48.5 Å². The number of nitrogens with one attached hydrogen (secondary N) is 1. The number of methoxy groups -OCH3 is 2. The lowest BCUT2D eigenvalue weighted by Crippen LogP contribution is -2.33. The van der Waals surface area contributed by atoms with Crippen molar-refractivity contribution in [3.63, 3.8) is 0 Å². The third kappa shape index (κ3) is 6.29. The largest absolute Gasteiger partial charge is 0.497 e. The van der Waals surface area contributed by atoms with Crippen LogP contribution in [-0.4, -0.2) is 33.3 Å². The molecule has 1 N–H and O–H groups in total. The summed E-state index contributed by atoms with van der Waals surface area (Å²) in [7, 11) is 3.23. The number of ether oxygens (including phenoxy) is 3. The van der Waals surface area contributed by atoms with E-state index in [2.05, 4.69) is 26.1 Å². The Kier molecular flexibility index (Phi) is 7.25. The highest BCUT2D eigenvalue weighted by molar-refractivity contribution is 5.77. The Labute approximate surface area is 161 Å². The van der Waals surface area contributed by atoms with Crippen LogP contribution >= 0.6 is 0 Å². The van der Waals surface area contributed by atoms with Gasteiger partial charge in [0, 0.05) is 13.7 Å². The molecule has 2 aromatic carbocycles. The van der Waals surface area contributed by atoms with Gasteiger partial charge in [0.2, 0.25) is 0 Å². The van der Waals surface area contributed by atoms with Crippen LogP contribution < -0.4 is 14.8 Å². The van der Waals surface area contributed by atoms with Gasteiger partial charge in [-0.05, 0) is 40.8 Å². The highest BCUT2D eigenvalue weighted by Crippen LogP contribution is 2.24. The number of amides is 1. The second-order valence-corrected chi connectivity index (χ2v) is 7.37. The molecule has 0 aromatic heterocycles. The number of hydrogen-bond acceptors (Lipinski definition) is 4. The molecule has 2 rings (SSSR count). The zero-order chi connectivity index (χ0) is 19.9.